The van der Waals surface area contributed by atoms with E-state index in [9.17, 15) is 9.18 Å². The highest BCUT2D eigenvalue weighted by Crippen LogP contribution is 2.46. The molecule has 0 saturated heterocycles. The van der Waals surface area contributed by atoms with Crippen LogP contribution in [0.5, 0.6) is 0 Å². The van der Waals surface area contributed by atoms with Crippen molar-refractivity contribution < 1.29 is 9.18 Å². The van der Waals surface area contributed by atoms with Crippen LogP contribution in [0.4, 0.5) is 4.39 Å². The summed E-state index contributed by atoms with van der Waals surface area (Å²) < 4.78 is 13.2. The first-order valence-electron chi connectivity index (χ1n) is 7.84. The molecule has 0 aliphatic rings. The molecule has 1 aromatic heterocycles. The molecule has 0 saturated carbocycles. The molecule has 0 aliphatic heterocycles. The molecule has 2 aromatic rings. The summed E-state index contributed by atoms with van der Waals surface area (Å²) in [6.07, 6.45) is 3.46. The minimum Gasteiger partial charge on any atom is -0.294 e. The largest absolute Gasteiger partial charge is 0.294 e. The van der Waals surface area contributed by atoms with E-state index < -0.39 is 8.07 Å². The van der Waals surface area contributed by atoms with Gasteiger partial charge >= 0.3 is 0 Å². The normalized spacial score (nSPS) is 13.7. The van der Waals surface area contributed by atoms with Crippen molar-refractivity contribution in [3.8, 4) is 0 Å². The highest BCUT2D eigenvalue weighted by atomic mass is 28.3. The van der Waals surface area contributed by atoms with E-state index in [1.165, 1.54) is 12.1 Å². The van der Waals surface area contributed by atoms with Gasteiger partial charge in [0.25, 0.3) is 0 Å². The minimum atomic E-state index is -2.01. The zero-order valence-electron chi connectivity index (χ0n) is 14.4. The topological polar surface area (TPSA) is 30.0 Å². The molecule has 0 aliphatic carbocycles. The number of hydrogen-bond acceptors (Lipinski definition) is 2. The molecule has 0 bridgehead atoms. The van der Waals surface area contributed by atoms with Crippen LogP contribution < -0.4 is 0 Å². The first kappa shape index (κ1) is 17.5. The lowest BCUT2D eigenvalue weighted by Gasteiger charge is -2.42. The van der Waals surface area contributed by atoms with E-state index in [4.69, 9.17) is 0 Å². The highest BCUT2D eigenvalue weighted by molar-refractivity contribution is 6.84. The van der Waals surface area contributed by atoms with Gasteiger partial charge in [-0.25, -0.2) is 4.39 Å². The van der Waals surface area contributed by atoms with Crippen molar-refractivity contribution in [2.24, 2.45) is 0 Å². The maximum atomic E-state index is 13.2. The fourth-order valence-corrected chi connectivity index (χ4v) is 5.38. The van der Waals surface area contributed by atoms with E-state index in [0.29, 0.717) is 5.56 Å². The van der Waals surface area contributed by atoms with E-state index in [2.05, 4.69) is 38.8 Å². The molecular formula is C19H24FNOSi. The summed E-state index contributed by atoms with van der Waals surface area (Å²) in [5.74, 6) is -0.253. The molecule has 2 rings (SSSR count). The summed E-state index contributed by atoms with van der Waals surface area (Å²) in [5, 5.41) is 0.0522. The summed E-state index contributed by atoms with van der Waals surface area (Å²) in [5.41, 5.74) is 1.38. The summed E-state index contributed by atoms with van der Waals surface area (Å²) in [6.45, 7) is 11.1. The second-order valence-electron chi connectivity index (χ2n) is 7.56. The number of rotatable bonds is 4. The molecule has 1 aromatic carbocycles. The zero-order valence-corrected chi connectivity index (χ0v) is 15.4. The molecular weight excluding hydrogens is 305 g/mol. The monoisotopic (exact) mass is 329 g/mol. The van der Waals surface area contributed by atoms with Gasteiger partial charge in [0.05, 0.1) is 8.07 Å². The van der Waals surface area contributed by atoms with Crippen LogP contribution in [0.1, 0.15) is 42.2 Å². The molecule has 0 amide bonds. The number of pyridine rings is 1. The molecule has 4 heteroatoms. The van der Waals surface area contributed by atoms with Gasteiger partial charge in [-0.2, -0.15) is 0 Å². The van der Waals surface area contributed by atoms with E-state index in [1.807, 2.05) is 12.1 Å². The summed E-state index contributed by atoms with van der Waals surface area (Å²) >= 11 is 0. The van der Waals surface area contributed by atoms with Crippen molar-refractivity contribution in [1.29, 1.82) is 0 Å². The van der Waals surface area contributed by atoms with Crippen LogP contribution >= 0.6 is 0 Å². The number of hydrogen-bond donors (Lipinski definition) is 0. The van der Waals surface area contributed by atoms with Crippen LogP contribution in [0.3, 0.4) is 0 Å². The van der Waals surface area contributed by atoms with Gasteiger partial charge in [-0.3, -0.25) is 9.78 Å². The molecule has 23 heavy (non-hydrogen) atoms. The van der Waals surface area contributed by atoms with Crippen LogP contribution in [-0.4, -0.2) is 18.8 Å². The molecule has 122 valence electrons. The fraction of sp³-hybridized carbons (Fsp3) is 0.368. The number of benzene rings is 1. The second-order valence-corrected chi connectivity index (χ2v) is 13.1. The number of Topliss-reactive ketones (excluding diaryl/α,β-unsaturated/α-hetero) is 1. The molecule has 0 spiro atoms. The quantitative estimate of drug-likeness (QED) is 0.567. The first-order valence-corrected chi connectivity index (χ1v) is 10.9. The summed E-state index contributed by atoms with van der Waals surface area (Å²) in [6, 6.07) is 9.71. The van der Waals surface area contributed by atoms with Gasteiger partial charge in [0.1, 0.15) is 5.82 Å². The van der Waals surface area contributed by atoms with Crippen LogP contribution in [0.15, 0.2) is 48.8 Å². The molecule has 1 heterocycles. The Hall–Kier alpha value is -1.81. The molecule has 1 unspecified atom stereocenters. The molecule has 0 radical (unpaired) electrons. The van der Waals surface area contributed by atoms with E-state index in [0.717, 1.165) is 5.56 Å². The van der Waals surface area contributed by atoms with E-state index >= 15 is 0 Å². The number of carbonyl (C=O) groups excluding carboxylic acids is 1. The maximum Gasteiger partial charge on any atom is 0.167 e. The number of halogens is 1. The van der Waals surface area contributed by atoms with E-state index in [1.54, 1.807) is 24.5 Å². The summed E-state index contributed by atoms with van der Waals surface area (Å²) in [4.78, 5) is 17.3. The Morgan fingerprint density at radius 1 is 1.04 bits per heavy atom. The number of carbonyl (C=O) groups is 1. The Labute approximate surface area is 138 Å². The van der Waals surface area contributed by atoms with Crippen molar-refractivity contribution in [1.82, 2.24) is 4.98 Å². The zero-order chi connectivity index (χ0) is 17.3. The van der Waals surface area contributed by atoms with Gasteiger partial charge < -0.3 is 0 Å². The van der Waals surface area contributed by atoms with Gasteiger partial charge in [0.15, 0.2) is 5.78 Å². The van der Waals surface area contributed by atoms with Crippen molar-refractivity contribution in [3.63, 3.8) is 0 Å². The Balaban J connectivity index is 2.54. The smallest absolute Gasteiger partial charge is 0.167 e. The number of nitrogens with zero attached hydrogens (tertiary/aromatic N) is 1. The van der Waals surface area contributed by atoms with Crippen molar-refractivity contribution in [3.05, 3.63) is 65.7 Å². The average molecular weight is 329 g/mol. The Kier molecular flexibility index (Phi) is 4.85. The van der Waals surface area contributed by atoms with E-state index in [-0.39, 0.29) is 22.2 Å². The first-order chi connectivity index (χ1) is 10.6. The van der Waals surface area contributed by atoms with Gasteiger partial charge in [-0.15, -0.1) is 0 Å². The van der Waals surface area contributed by atoms with Gasteiger partial charge in [0.2, 0.25) is 0 Å². The van der Waals surface area contributed by atoms with Crippen molar-refractivity contribution >= 4 is 13.9 Å². The predicted octanol–water partition coefficient (Wildman–Crippen LogP) is 5.23. The third-order valence-electron chi connectivity index (χ3n) is 5.09. The van der Waals surface area contributed by atoms with Crippen LogP contribution in [0, 0.1) is 5.82 Å². The Morgan fingerprint density at radius 2 is 1.57 bits per heavy atom. The van der Waals surface area contributed by atoms with Gasteiger partial charge in [-0.1, -0.05) is 33.9 Å². The molecule has 0 N–H and O–H groups in total. The molecule has 2 nitrogen and oxygen atoms in total. The van der Waals surface area contributed by atoms with Crippen LogP contribution in [0.2, 0.25) is 18.1 Å². The second kappa shape index (κ2) is 6.36. The number of ketones is 1. The van der Waals surface area contributed by atoms with Gasteiger partial charge in [0, 0.05) is 23.5 Å². The molecule has 1 atom stereocenters. The van der Waals surface area contributed by atoms with Crippen molar-refractivity contribution in [2.45, 2.75) is 44.4 Å². The highest BCUT2D eigenvalue weighted by Gasteiger charge is 2.46. The SMILES string of the molecule is CC(C)(C)[Si](C)(C)C(C(=O)c1ccc(F)cc1)c1ccncc1. The van der Waals surface area contributed by atoms with Crippen LogP contribution in [-0.2, 0) is 0 Å². The lowest BCUT2D eigenvalue weighted by Crippen LogP contribution is -2.47. The standard InChI is InChI=1S/C19H24FNOSi/c1-19(2,3)23(4,5)18(15-10-12-21-13-11-15)17(22)14-6-8-16(20)9-7-14/h6-13,18H,1-5H3. The Morgan fingerprint density at radius 3 is 2.04 bits per heavy atom. The van der Waals surface area contributed by atoms with Crippen molar-refractivity contribution in [2.75, 3.05) is 0 Å². The molecule has 0 fully saturated rings. The Bertz CT molecular complexity index is 675. The minimum absolute atomic E-state index is 0.0522. The average Bonchev–Trinajstić information content (AvgIpc) is 2.47. The third kappa shape index (κ3) is 3.58. The lowest BCUT2D eigenvalue weighted by atomic mass is 10.0. The predicted molar refractivity (Wildman–Crippen MR) is 94.9 cm³/mol. The number of aromatic nitrogens is 1. The summed E-state index contributed by atoms with van der Waals surface area (Å²) in [7, 11) is -2.01. The van der Waals surface area contributed by atoms with Gasteiger partial charge in [-0.05, 0) is 47.0 Å². The van der Waals surface area contributed by atoms with Crippen LogP contribution in [0.25, 0.3) is 0 Å². The third-order valence-corrected chi connectivity index (χ3v) is 11.0. The maximum absolute atomic E-state index is 13.2. The fourth-order valence-electron chi connectivity index (χ4n) is 2.67. The lowest BCUT2D eigenvalue weighted by molar-refractivity contribution is 0.0982.